The fourth-order valence-corrected chi connectivity index (χ4v) is 2.93. The maximum atomic E-state index is 13.0. The second kappa shape index (κ2) is 6.56. The zero-order valence-corrected chi connectivity index (χ0v) is 14.3. The number of carbonyl (C=O) groups excluding carboxylic acids is 1. The van der Waals surface area contributed by atoms with E-state index in [2.05, 4.69) is 0 Å². The molecule has 0 aliphatic heterocycles. The van der Waals surface area contributed by atoms with Gasteiger partial charge in [0, 0.05) is 5.56 Å². The first-order valence-corrected chi connectivity index (χ1v) is 7.75. The fraction of sp³-hybridized carbons (Fsp3) is 0.438. The summed E-state index contributed by atoms with van der Waals surface area (Å²) in [6.07, 6.45) is -3.80. The van der Waals surface area contributed by atoms with Crippen LogP contribution in [0.5, 0.6) is 0 Å². The van der Waals surface area contributed by atoms with Gasteiger partial charge in [0.15, 0.2) is 0 Å². The smallest absolute Gasteiger partial charge is 0.426 e. The largest absolute Gasteiger partial charge is 0.461 e. The van der Waals surface area contributed by atoms with E-state index in [1.54, 1.807) is 13.8 Å². The van der Waals surface area contributed by atoms with Gasteiger partial charge in [0.05, 0.1) is 10.9 Å². The molecule has 0 amide bonds. The summed E-state index contributed by atoms with van der Waals surface area (Å²) in [5.41, 5.74) is -0.278. The van der Waals surface area contributed by atoms with Crippen molar-refractivity contribution in [2.75, 3.05) is 0 Å². The third-order valence-corrected chi connectivity index (χ3v) is 4.84. The Bertz CT molecular complexity index is 683. The van der Waals surface area contributed by atoms with Gasteiger partial charge in [0.25, 0.3) is 0 Å². The van der Waals surface area contributed by atoms with Crippen LogP contribution in [-0.4, -0.2) is 12.1 Å². The van der Waals surface area contributed by atoms with E-state index in [4.69, 9.17) is 27.9 Å². The number of benzene rings is 1. The van der Waals surface area contributed by atoms with Gasteiger partial charge >= 0.3 is 12.1 Å². The zero-order chi connectivity index (χ0) is 18.3. The lowest BCUT2D eigenvalue weighted by molar-refractivity contribution is -0.147. The summed E-state index contributed by atoms with van der Waals surface area (Å²) < 4.78 is 55.6. The first-order valence-electron chi connectivity index (χ1n) is 6.99. The van der Waals surface area contributed by atoms with Gasteiger partial charge in [-0.15, -0.1) is 0 Å². The lowest BCUT2D eigenvalue weighted by Crippen LogP contribution is -2.11. The molecule has 2 rings (SSSR count). The van der Waals surface area contributed by atoms with E-state index in [0.717, 1.165) is 12.1 Å². The van der Waals surface area contributed by atoms with Crippen LogP contribution in [0.25, 0.3) is 0 Å². The van der Waals surface area contributed by atoms with E-state index in [0.29, 0.717) is 5.56 Å². The van der Waals surface area contributed by atoms with Gasteiger partial charge in [-0.05, 0) is 23.5 Å². The maximum absolute atomic E-state index is 13.0. The molecule has 2 atom stereocenters. The Morgan fingerprint density at radius 3 is 2.54 bits per heavy atom. The number of halogens is 6. The van der Waals surface area contributed by atoms with Gasteiger partial charge in [0.1, 0.15) is 17.5 Å². The van der Waals surface area contributed by atoms with Crippen LogP contribution in [0.1, 0.15) is 19.4 Å². The lowest BCUT2D eigenvalue weighted by Gasteiger charge is -2.07. The predicted molar refractivity (Wildman–Crippen MR) is 82.0 cm³/mol. The molecule has 1 aliphatic rings. The molecule has 0 bridgehead atoms. The number of carbonyl (C=O) groups is 1. The van der Waals surface area contributed by atoms with Gasteiger partial charge in [0.2, 0.25) is 0 Å². The first kappa shape index (κ1) is 19.1. The molecule has 1 aromatic carbocycles. The highest BCUT2D eigenvalue weighted by Gasteiger charge is 2.62. The van der Waals surface area contributed by atoms with Gasteiger partial charge in [-0.3, -0.25) is 4.79 Å². The van der Waals surface area contributed by atoms with Crippen molar-refractivity contribution < 1.29 is 27.1 Å². The highest BCUT2D eigenvalue weighted by Crippen LogP contribution is 2.60. The first-order chi connectivity index (χ1) is 10.9. The van der Waals surface area contributed by atoms with Crippen molar-refractivity contribution in [3.8, 4) is 0 Å². The molecule has 0 aromatic heterocycles. The molecule has 8 heteroatoms. The quantitative estimate of drug-likeness (QED) is 0.507. The normalized spacial score (nSPS) is 23.1. The highest BCUT2D eigenvalue weighted by molar-refractivity contribution is 6.31. The van der Waals surface area contributed by atoms with E-state index in [9.17, 15) is 22.4 Å². The van der Waals surface area contributed by atoms with Crippen LogP contribution in [0, 0.1) is 23.1 Å². The Hall–Kier alpha value is -1.27. The molecule has 132 valence electrons. The summed E-state index contributed by atoms with van der Waals surface area (Å²) in [6, 6.07) is 3.63. The standard InChI is InChI=1S/C16H14Cl2F4O2/c1-15(2)10(6-12(18)16(20,21)22)13(15)14(23)24-7-8-3-4-9(19)5-11(8)17/h3-6,10,13H,7H2,1-2H3/b12-6-/t10-,13+/m0/s1. The van der Waals surface area contributed by atoms with Crippen LogP contribution in [0.3, 0.4) is 0 Å². The van der Waals surface area contributed by atoms with Crippen LogP contribution in [0.2, 0.25) is 5.02 Å². The minimum atomic E-state index is -4.64. The second-order valence-corrected chi connectivity index (χ2v) is 7.00. The number of esters is 1. The van der Waals surface area contributed by atoms with Crippen molar-refractivity contribution in [1.29, 1.82) is 0 Å². The van der Waals surface area contributed by atoms with Crippen LogP contribution >= 0.6 is 23.2 Å². The van der Waals surface area contributed by atoms with Crippen LogP contribution in [0.15, 0.2) is 29.3 Å². The summed E-state index contributed by atoms with van der Waals surface area (Å²) in [5.74, 6) is -2.56. The van der Waals surface area contributed by atoms with Crippen molar-refractivity contribution in [2.45, 2.75) is 26.6 Å². The van der Waals surface area contributed by atoms with E-state index in [1.807, 2.05) is 0 Å². The van der Waals surface area contributed by atoms with Crippen LogP contribution in [0.4, 0.5) is 17.6 Å². The van der Waals surface area contributed by atoms with Gasteiger partial charge in [-0.2, -0.15) is 13.2 Å². The number of hydrogen-bond acceptors (Lipinski definition) is 2. The topological polar surface area (TPSA) is 26.3 Å². The fourth-order valence-electron chi connectivity index (χ4n) is 2.57. The molecular formula is C16H14Cl2F4O2. The second-order valence-electron chi connectivity index (χ2n) is 6.18. The molecule has 0 unspecified atom stereocenters. The Morgan fingerprint density at radius 1 is 1.38 bits per heavy atom. The molecule has 0 radical (unpaired) electrons. The van der Waals surface area contributed by atoms with Crippen molar-refractivity contribution in [2.24, 2.45) is 17.3 Å². The van der Waals surface area contributed by atoms with Crippen molar-refractivity contribution in [3.63, 3.8) is 0 Å². The number of alkyl halides is 3. The predicted octanol–water partition coefficient (Wildman–Crippen LogP) is 5.48. The molecule has 1 fully saturated rings. The van der Waals surface area contributed by atoms with E-state index < -0.39 is 40.2 Å². The Labute approximate surface area is 146 Å². The molecule has 24 heavy (non-hydrogen) atoms. The van der Waals surface area contributed by atoms with Gasteiger partial charge in [-0.25, -0.2) is 4.39 Å². The zero-order valence-electron chi connectivity index (χ0n) is 12.8. The molecule has 0 N–H and O–H groups in total. The molecule has 1 aliphatic carbocycles. The third kappa shape index (κ3) is 4.03. The summed E-state index contributed by atoms with van der Waals surface area (Å²) in [7, 11) is 0. The molecule has 2 nitrogen and oxygen atoms in total. The average molecular weight is 385 g/mol. The average Bonchev–Trinajstić information content (AvgIpc) is 2.97. The van der Waals surface area contributed by atoms with Gasteiger partial charge in [-0.1, -0.05) is 49.2 Å². The highest BCUT2D eigenvalue weighted by atomic mass is 35.5. The van der Waals surface area contributed by atoms with E-state index in [1.165, 1.54) is 12.1 Å². The minimum absolute atomic E-state index is 0.106. The molecule has 1 saturated carbocycles. The van der Waals surface area contributed by atoms with Crippen molar-refractivity contribution in [1.82, 2.24) is 0 Å². The minimum Gasteiger partial charge on any atom is -0.461 e. The van der Waals surface area contributed by atoms with Crippen LogP contribution in [-0.2, 0) is 16.1 Å². The number of allylic oxidation sites excluding steroid dienone is 2. The molecule has 0 heterocycles. The Balaban J connectivity index is 2.02. The van der Waals surface area contributed by atoms with Crippen LogP contribution < -0.4 is 0 Å². The lowest BCUT2D eigenvalue weighted by atomic mass is 10.1. The van der Waals surface area contributed by atoms with Crippen molar-refractivity contribution in [3.05, 3.63) is 45.7 Å². The van der Waals surface area contributed by atoms with Gasteiger partial charge < -0.3 is 4.74 Å². The third-order valence-electron chi connectivity index (χ3n) is 4.15. The summed E-state index contributed by atoms with van der Waals surface area (Å²) in [4.78, 5) is 12.1. The molecule has 0 saturated heterocycles. The number of hydrogen-bond donors (Lipinski definition) is 0. The summed E-state index contributed by atoms with van der Waals surface area (Å²) in [5, 5.41) is -1.15. The summed E-state index contributed by atoms with van der Waals surface area (Å²) >= 11 is 11.1. The van der Waals surface area contributed by atoms with Crippen molar-refractivity contribution >= 4 is 29.2 Å². The summed E-state index contributed by atoms with van der Waals surface area (Å²) in [6.45, 7) is 3.13. The monoisotopic (exact) mass is 384 g/mol. The van der Waals surface area contributed by atoms with E-state index >= 15 is 0 Å². The Morgan fingerprint density at radius 2 is 2.00 bits per heavy atom. The Kier molecular flexibility index (Phi) is 5.21. The van der Waals surface area contributed by atoms with E-state index in [-0.39, 0.29) is 11.6 Å². The molecule has 1 aromatic rings. The molecular weight excluding hydrogens is 371 g/mol. The SMILES string of the molecule is CC1(C)[C@@H](/C=C(\Cl)C(F)(F)F)[C@@H]1C(=O)OCc1ccc(F)cc1Cl. The maximum Gasteiger partial charge on any atom is 0.426 e. The number of ether oxygens (including phenoxy) is 1. The number of rotatable bonds is 4. The molecule has 0 spiro atoms.